The van der Waals surface area contributed by atoms with Crippen LogP contribution in [0.25, 0.3) is 22.3 Å². The van der Waals surface area contributed by atoms with Crippen LogP contribution in [0.15, 0.2) is 77.2 Å². The molecule has 35 heavy (non-hydrogen) atoms. The predicted molar refractivity (Wildman–Crippen MR) is 133 cm³/mol. The van der Waals surface area contributed by atoms with Gasteiger partial charge in [-0.15, -0.1) is 0 Å². The van der Waals surface area contributed by atoms with E-state index < -0.39 is 5.97 Å². The number of Topliss-reactive ketones (excluding diaryl/α,β-unsaturated/α-hetero) is 1. The topological polar surface area (TPSA) is 97.0 Å². The number of ketones is 1. The van der Waals surface area contributed by atoms with Crippen LogP contribution < -0.4 is 0 Å². The smallest absolute Gasteiger partial charge is 0.339 e. The molecule has 0 saturated carbocycles. The SMILES string of the molecule is COCC(C)=O.O=C(O)c1cc2c(CCc3ccccc3)c(-c3ccccc3)oc2cc1O.[CH3-].[Y]. The van der Waals surface area contributed by atoms with E-state index in [4.69, 9.17) is 4.42 Å². The van der Waals surface area contributed by atoms with Gasteiger partial charge in [0, 0.05) is 62.4 Å². The number of carbonyl (C=O) groups excluding carboxylic acids is 1. The van der Waals surface area contributed by atoms with Gasteiger partial charge < -0.3 is 26.8 Å². The Balaban J connectivity index is 0.000000686. The average Bonchev–Trinajstić information content (AvgIpc) is 3.15. The molecule has 1 aromatic heterocycles. The van der Waals surface area contributed by atoms with Gasteiger partial charge >= 0.3 is 5.97 Å². The van der Waals surface area contributed by atoms with E-state index in [1.165, 1.54) is 31.7 Å². The molecule has 1 heterocycles. The molecule has 7 heteroatoms. The molecule has 0 bridgehead atoms. The number of aromatic hydroxyl groups is 1. The minimum Gasteiger partial charge on any atom is -0.507 e. The summed E-state index contributed by atoms with van der Waals surface area (Å²) in [5.74, 6) is -0.676. The number of fused-ring (bicyclic) bond motifs is 1. The average molecular weight is 550 g/mol. The molecule has 0 saturated heterocycles. The predicted octanol–water partition coefficient (Wildman–Crippen LogP) is 5.96. The van der Waals surface area contributed by atoms with E-state index in [9.17, 15) is 19.8 Å². The number of ether oxygens (including phenoxy) is 1. The van der Waals surface area contributed by atoms with Crippen LogP contribution in [0, 0.1) is 7.43 Å². The van der Waals surface area contributed by atoms with Gasteiger partial charge in [-0.05, 0) is 31.4 Å². The van der Waals surface area contributed by atoms with Gasteiger partial charge in [-0.1, -0.05) is 60.7 Å². The molecule has 6 nitrogen and oxygen atoms in total. The van der Waals surface area contributed by atoms with Crippen molar-refractivity contribution in [2.45, 2.75) is 19.8 Å². The zero-order valence-corrected chi connectivity index (χ0v) is 23.0. The Kier molecular flexibility index (Phi) is 12.6. The fraction of sp³-hybridized carbons (Fsp3) is 0.179. The number of hydrogen-bond donors (Lipinski definition) is 2. The van der Waals surface area contributed by atoms with Gasteiger partial charge in [0.15, 0.2) is 5.78 Å². The quantitative estimate of drug-likeness (QED) is 0.276. The van der Waals surface area contributed by atoms with E-state index >= 15 is 0 Å². The van der Waals surface area contributed by atoms with Crippen LogP contribution in [-0.2, 0) is 55.1 Å². The molecular formula is C28H29O6Y-. The molecule has 0 amide bonds. The maximum absolute atomic E-state index is 11.4. The van der Waals surface area contributed by atoms with Crippen molar-refractivity contribution in [3.63, 3.8) is 0 Å². The maximum atomic E-state index is 11.4. The number of carboxylic acids is 1. The number of hydrogen-bond acceptors (Lipinski definition) is 5. The number of carbonyl (C=O) groups is 2. The van der Waals surface area contributed by atoms with E-state index in [0.29, 0.717) is 17.8 Å². The summed E-state index contributed by atoms with van der Waals surface area (Å²) in [5.41, 5.74) is 3.43. The number of furan rings is 1. The largest absolute Gasteiger partial charge is 0.507 e. The molecule has 4 aromatic rings. The van der Waals surface area contributed by atoms with Crippen molar-refractivity contribution in [1.82, 2.24) is 0 Å². The number of methoxy groups -OCH3 is 1. The third-order valence-corrected chi connectivity index (χ3v) is 5.03. The molecular weight excluding hydrogens is 521 g/mol. The monoisotopic (exact) mass is 550 g/mol. The van der Waals surface area contributed by atoms with Crippen LogP contribution >= 0.6 is 0 Å². The van der Waals surface area contributed by atoms with Crippen LogP contribution in [0.5, 0.6) is 5.75 Å². The van der Waals surface area contributed by atoms with Crippen LogP contribution in [-0.4, -0.2) is 35.7 Å². The molecule has 0 spiro atoms. The van der Waals surface area contributed by atoms with E-state index in [1.807, 2.05) is 48.5 Å². The van der Waals surface area contributed by atoms with Crippen LogP contribution in [0.1, 0.15) is 28.4 Å². The molecule has 0 atom stereocenters. The van der Waals surface area contributed by atoms with Gasteiger partial charge in [0.2, 0.25) is 0 Å². The van der Waals surface area contributed by atoms with E-state index in [0.717, 1.165) is 22.9 Å². The first-order chi connectivity index (χ1) is 15.9. The first-order valence-corrected chi connectivity index (χ1v) is 10.5. The molecule has 0 aliphatic heterocycles. The molecule has 0 aliphatic carbocycles. The van der Waals surface area contributed by atoms with Crippen LogP contribution in [0.3, 0.4) is 0 Å². The first-order valence-electron chi connectivity index (χ1n) is 10.5. The molecule has 1 radical (unpaired) electrons. The van der Waals surface area contributed by atoms with Crippen LogP contribution in [0.4, 0.5) is 0 Å². The number of benzene rings is 3. The Bertz CT molecular complexity index is 1230. The normalized spacial score (nSPS) is 9.89. The Morgan fingerprint density at radius 1 is 0.943 bits per heavy atom. The molecule has 0 unspecified atom stereocenters. The Labute approximate surface area is 230 Å². The fourth-order valence-electron chi connectivity index (χ4n) is 3.54. The van der Waals surface area contributed by atoms with Gasteiger partial charge in [-0.25, -0.2) is 4.79 Å². The van der Waals surface area contributed by atoms with Crippen molar-refractivity contribution in [2.24, 2.45) is 0 Å². The third-order valence-electron chi connectivity index (χ3n) is 5.03. The molecule has 0 aliphatic rings. The number of phenols is 1. The zero-order valence-electron chi connectivity index (χ0n) is 20.2. The fourth-order valence-corrected chi connectivity index (χ4v) is 3.54. The number of carboxylic acid groups (broad SMARTS) is 1. The van der Waals surface area contributed by atoms with Crippen molar-refractivity contribution < 1.29 is 61.7 Å². The van der Waals surface area contributed by atoms with Gasteiger partial charge in [-0.2, -0.15) is 0 Å². The second kappa shape index (κ2) is 14.6. The third kappa shape index (κ3) is 8.13. The number of aryl methyl sites for hydroxylation is 2. The number of rotatable bonds is 7. The summed E-state index contributed by atoms with van der Waals surface area (Å²) in [7, 11) is 1.50. The van der Waals surface area contributed by atoms with Crippen molar-refractivity contribution in [1.29, 1.82) is 0 Å². The number of aromatic carboxylic acids is 1. The zero-order chi connectivity index (χ0) is 23.8. The van der Waals surface area contributed by atoms with Crippen molar-refractivity contribution in [2.75, 3.05) is 13.7 Å². The van der Waals surface area contributed by atoms with Crippen molar-refractivity contribution >= 4 is 22.7 Å². The van der Waals surface area contributed by atoms with E-state index in [2.05, 4.69) is 16.9 Å². The van der Waals surface area contributed by atoms with E-state index in [-0.39, 0.29) is 63.8 Å². The summed E-state index contributed by atoms with van der Waals surface area (Å²) in [6, 6.07) is 22.7. The maximum Gasteiger partial charge on any atom is 0.339 e. The Hall–Kier alpha value is -2.80. The molecule has 4 rings (SSSR count). The second-order valence-electron chi connectivity index (χ2n) is 7.57. The summed E-state index contributed by atoms with van der Waals surface area (Å²) in [5, 5.41) is 20.1. The second-order valence-corrected chi connectivity index (χ2v) is 7.57. The minimum absolute atomic E-state index is 0. The minimum atomic E-state index is -1.16. The van der Waals surface area contributed by atoms with Crippen molar-refractivity contribution in [3.8, 4) is 17.1 Å². The molecule has 2 N–H and O–H groups in total. The summed E-state index contributed by atoms with van der Waals surface area (Å²) in [6.45, 7) is 1.73. The molecule has 0 fully saturated rings. The summed E-state index contributed by atoms with van der Waals surface area (Å²) in [6.07, 6.45) is 1.50. The molecule has 181 valence electrons. The molecule has 3 aromatic carbocycles. The first kappa shape index (κ1) is 30.2. The Morgan fingerprint density at radius 3 is 2.06 bits per heavy atom. The summed E-state index contributed by atoms with van der Waals surface area (Å²) < 4.78 is 10.5. The summed E-state index contributed by atoms with van der Waals surface area (Å²) in [4.78, 5) is 21.4. The van der Waals surface area contributed by atoms with E-state index in [1.54, 1.807) is 0 Å². The van der Waals surface area contributed by atoms with Crippen molar-refractivity contribution in [3.05, 3.63) is 96.9 Å². The van der Waals surface area contributed by atoms with Gasteiger partial charge in [0.05, 0.1) is 0 Å². The Morgan fingerprint density at radius 2 is 1.54 bits per heavy atom. The van der Waals surface area contributed by atoms with Gasteiger partial charge in [-0.3, -0.25) is 4.79 Å². The van der Waals surface area contributed by atoms with Gasteiger partial charge in [0.25, 0.3) is 0 Å². The standard InChI is InChI=1S/C23H18O4.C4H8O2.CH3.Y/c24-20-14-21-18(13-19(20)23(25)26)17(12-11-15-7-3-1-4-8-15)22(27-21)16-9-5-2-6-10-16;1-4(5)3-6-2;;/h1-10,13-14,24H,11-12H2,(H,25,26);3H2,1-2H3;1H3;/q;;-1;. The van der Waals surface area contributed by atoms with Gasteiger partial charge in [0.1, 0.15) is 29.3 Å². The van der Waals surface area contributed by atoms with Crippen LogP contribution in [0.2, 0.25) is 0 Å². The summed E-state index contributed by atoms with van der Waals surface area (Å²) >= 11 is 0.